The van der Waals surface area contributed by atoms with Crippen LogP contribution in [0.2, 0.25) is 0 Å². The van der Waals surface area contributed by atoms with Crippen LogP contribution in [0.25, 0.3) is 6.08 Å². The molecule has 0 heterocycles. The van der Waals surface area contributed by atoms with E-state index in [9.17, 15) is 14.4 Å². The summed E-state index contributed by atoms with van der Waals surface area (Å²) in [5.41, 5.74) is 1.33. The van der Waals surface area contributed by atoms with Gasteiger partial charge in [-0.05, 0) is 54.3 Å². The van der Waals surface area contributed by atoms with Crippen LogP contribution >= 0.6 is 15.9 Å². The third-order valence-corrected chi connectivity index (χ3v) is 5.61. The first-order chi connectivity index (χ1) is 14.5. The molecule has 30 heavy (non-hydrogen) atoms. The number of methoxy groups -OCH3 is 1. The second-order valence-corrected chi connectivity index (χ2v) is 7.92. The fraction of sp³-hybridized carbons (Fsp3) is 0.304. The summed E-state index contributed by atoms with van der Waals surface area (Å²) < 4.78 is 25.2. The van der Waals surface area contributed by atoms with Gasteiger partial charge < -0.3 is 14.8 Å². The van der Waals surface area contributed by atoms with Crippen LogP contribution in [0.1, 0.15) is 36.8 Å². The van der Waals surface area contributed by atoms with Crippen LogP contribution in [0.5, 0.6) is 11.5 Å². The number of ether oxygens (including phenoxy) is 2. The minimum absolute atomic E-state index is 0.0260. The number of nitriles is 1. The Hall–Kier alpha value is -2.85. The van der Waals surface area contributed by atoms with Crippen LogP contribution in [0.15, 0.2) is 46.4 Å². The molecule has 2 aromatic rings. The molecule has 0 unspecified atom stereocenters. The van der Waals surface area contributed by atoms with Crippen molar-refractivity contribution in [3.05, 3.63) is 63.4 Å². The summed E-state index contributed by atoms with van der Waals surface area (Å²) in [6, 6.07) is 11.7. The summed E-state index contributed by atoms with van der Waals surface area (Å²) in [5.74, 6) is 0.195. The van der Waals surface area contributed by atoms with E-state index in [-0.39, 0.29) is 29.9 Å². The van der Waals surface area contributed by atoms with Crippen LogP contribution in [0.4, 0.5) is 4.39 Å². The van der Waals surface area contributed by atoms with Crippen LogP contribution in [0, 0.1) is 17.1 Å². The number of benzene rings is 2. The molecule has 7 heteroatoms. The Balaban J connectivity index is 1.78. The fourth-order valence-electron chi connectivity index (χ4n) is 3.36. The largest absolute Gasteiger partial charge is 0.493 e. The normalized spacial score (nSPS) is 14.3. The first kappa shape index (κ1) is 21.8. The molecule has 1 saturated carbocycles. The Morgan fingerprint density at radius 1 is 1.30 bits per heavy atom. The average Bonchev–Trinajstić information content (AvgIpc) is 3.24. The van der Waals surface area contributed by atoms with Crippen molar-refractivity contribution >= 4 is 27.9 Å². The monoisotopic (exact) mass is 472 g/mol. The van der Waals surface area contributed by atoms with Gasteiger partial charge in [-0.1, -0.05) is 40.9 Å². The number of amides is 1. The fourth-order valence-corrected chi connectivity index (χ4v) is 3.80. The maximum atomic E-state index is 13.4. The minimum Gasteiger partial charge on any atom is -0.493 e. The summed E-state index contributed by atoms with van der Waals surface area (Å²) >= 11 is 3.46. The van der Waals surface area contributed by atoms with Crippen molar-refractivity contribution in [1.29, 1.82) is 5.26 Å². The molecule has 156 valence electrons. The highest BCUT2D eigenvalue weighted by Crippen LogP contribution is 2.35. The maximum absolute atomic E-state index is 13.4. The molecule has 1 aliphatic carbocycles. The SMILES string of the molecule is COc1cc(/C=C(/C#N)C(=O)NC2CCCC2)c(Br)cc1OCc1cccc(F)c1. The van der Waals surface area contributed by atoms with E-state index < -0.39 is 0 Å². The van der Waals surface area contributed by atoms with Gasteiger partial charge in [0.2, 0.25) is 0 Å². The molecule has 0 atom stereocenters. The predicted octanol–water partition coefficient (Wildman–Crippen LogP) is 5.14. The lowest BCUT2D eigenvalue weighted by Crippen LogP contribution is -2.33. The number of hydrogen-bond acceptors (Lipinski definition) is 4. The van der Waals surface area contributed by atoms with Gasteiger partial charge in [-0.2, -0.15) is 5.26 Å². The number of nitrogens with zero attached hydrogens (tertiary/aromatic N) is 1. The van der Waals surface area contributed by atoms with Crippen molar-refractivity contribution in [3.8, 4) is 17.6 Å². The van der Waals surface area contributed by atoms with Crippen molar-refractivity contribution in [2.45, 2.75) is 38.3 Å². The lowest BCUT2D eigenvalue weighted by atomic mass is 10.1. The van der Waals surface area contributed by atoms with E-state index in [1.54, 1.807) is 24.3 Å². The molecular formula is C23H22BrFN2O3. The lowest BCUT2D eigenvalue weighted by molar-refractivity contribution is -0.117. The molecule has 1 amide bonds. The first-order valence-electron chi connectivity index (χ1n) is 9.67. The van der Waals surface area contributed by atoms with E-state index in [4.69, 9.17) is 9.47 Å². The molecule has 1 fully saturated rings. The second kappa shape index (κ2) is 10.3. The van der Waals surface area contributed by atoms with E-state index >= 15 is 0 Å². The number of nitrogens with one attached hydrogen (secondary N) is 1. The highest BCUT2D eigenvalue weighted by molar-refractivity contribution is 9.10. The van der Waals surface area contributed by atoms with E-state index in [2.05, 4.69) is 21.2 Å². The number of carbonyl (C=O) groups is 1. The smallest absolute Gasteiger partial charge is 0.262 e. The van der Waals surface area contributed by atoms with E-state index in [1.165, 1.54) is 25.3 Å². The lowest BCUT2D eigenvalue weighted by Gasteiger charge is -2.14. The van der Waals surface area contributed by atoms with E-state index in [0.717, 1.165) is 25.7 Å². The summed E-state index contributed by atoms with van der Waals surface area (Å²) in [7, 11) is 1.50. The van der Waals surface area contributed by atoms with Crippen LogP contribution < -0.4 is 14.8 Å². The Bertz CT molecular complexity index is 994. The molecule has 0 saturated heterocycles. The van der Waals surface area contributed by atoms with Crippen molar-refractivity contribution in [3.63, 3.8) is 0 Å². The third-order valence-electron chi connectivity index (χ3n) is 4.92. The Kier molecular flexibility index (Phi) is 7.47. The molecular weight excluding hydrogens is 451 g/mol. The zero-order valence-electron chi connectivity index (χ0n) is 16.6. The van der Waals surface area contributed by atoms with Gasteiger partial charge in [-0.15, -0.1) is 0 Å². The zero-order chi connectivity index (χ0) is 21.5. The van der Waals surface area contributed by atoms with Crippen LogP contribution in [-0.2, 0) is 11.4 Å². The van der Waals surface area contributed by atoms with Gasteiger partial charge in [0.1, 0.15) is 24.1 Å². The highest BCUT2D eigenvalue weighted by Gasteiger charge is 2.20. The third kappa shape index (κ3) is 5.61. The van der Waals surface area contributed by atoms with Crippen molar-refractivity contribution in [2.24, 2.45) is 0 Å². The maximum Gasteiger partial charge on any atom is 0.262 e. The molecule has 2 aromatic carbocycles. The Morgan fingerprint density at radius 2 is 2.07 bits per heavy atom. The standard InChI is InChI=1S/C23H22BrFN2O3/c1-29-21-11-16(10-17(13-26)23(28)27-19-7-2-3-8-19)20(24)12-22(21)30-14-15-5-4-6-18(25)9-15/h4-6,9-12,19H,2-3,7-8,14H2,1H3,(H,27,28)/b17-10-. The minimum atomic E-state index is -0.373. The number of carbonyl (C=O) groups excluding carboxylic acids is 1. The number of halogens is 2. The molecule has 1 aliphatic rings. The summed E-state index contributed by atoms with van der Waals surface area (Å²) in [4.78, 5) is 12.5. The van der Waals surface area contributed by atoms with Gasteiger partial charge >= 0.3 is 0 Å². The average molecular weight is 473 g/mol. The van der Waals surface area contributed by atoms with E-state index in [0.29, 0.717) is 27.1 Å². The number of hydrogen-bond donors (Lipinski definition) is 1. The molecule has 1 N–H and O–H groups in total. The van der Waals surface area contributed by atoms with Gasteiger partial charge in [0, 0.05) is 10.5 Å². The molecule has 5 nitrogen and oxygen atoms in total. The summed E-state index contributed by atoms with van der Waals surface area (Å²) in [6.07, 6.45) is 5.60. The summed E-state index contributed by atoms with van der Waals surface area (Å²) in [6.45, 7) is 0.170. The second-order valence-electron chi connectivity index (χ2n) is 7.07. The Labute approximate surface area is 183 Å². The van der Waals surface area contributed by atoms with Crippen LogP contribution in [-0.4, -0.2) is 19.1 Å². The molecule has 0 aliphatic heterocycles. The molecule has 3 rings (SSSR count). The van der Waals surface area contributed by atoms with Gasteiger partial charge in [-0.25, -0.2) is 4.39 Å². The van der Waals surface area contributed by atoms with Gasteiger partial charge in [-0.3, -0.25) is 4.79 Å². The van der Waals surface area contributed by atoms with Gasteiger partial charge in [0.05, 0.1) is 7.11 Å². The summed E-state index contributed by atoms with van der Waals surface area (Å²) in [5, 5.41) is 12.4. The molecule has 0 bridgehead atoms. The van der Waals surface area contributed by atoms with Crippen molar-refractivity contribution in [2.75, 3.05) is 7.11 Å². The zero-order valence-corrected chi connectivity index (χ0v) is 18.2. The molecule has 0 radical (unpaired) electrons. The first-order valence-corrected chi connectivity index (χ1v) is 10.5. The van der Waals surface area contributed by atoms with Gasteiger partial charge in [0.25, 0.3) is 5.91 Å². The number of rotatable bonds is 7. The van der Waals surface area contributed by atoms with Crippen molar-refractivity contribution < 1.29 is 18.7 Å². The van der Waals surface area contributed by atoms with Crippen LogP contribution in [0.3, 0.4) is 0 Å². The topological polar surface area (TPSA) is 71.3 Å². The van der Waals surface area contributed by atoms with Gasteiger partial charge in [0.15, 0.2) is 11.5 Å². The van der Waals surface area contributed by atoms with Crippen molar-refractivity contribution in [1.82, 2.24) is 5.32 Å². The quantitative estimate of drug-likeness (QED) is 0.447. The predicted molar refractivity (Wildman–Crippen MR) is 115 cm³/mol. The Morgan fingerprint density at radius 3 is 2.73 bits per heavy atom. The van der Waals surface area contributed by atoms with E-state index in [1.807, 2.05) is 6.07 Å². The molecule has 0 spiro atoms. The molecule has 0 aromatic heterocycles. The highest BCUT2D eigenvalue weighted by atomic mass is 79.9.